The topological polar surface area (TPSA) is 50.7 Å². The predicted molar refractivity (Wildman–Crippen MR) is 105 cm³/mol. The molecule has 0 aliphatic carbocycles. The number of halogens is 1. The maximum Gasteiger partial charge on any atom is 0.275 e. The maximum absolute atomic E-state index is 12.4. The van der Waals surface area contributed by atoms with Gasteiger partial charge in [-0.1, -0.05) is 36.4 Å². The first-order valence-electron chi connectivity index (χ1n) is 7.33. The van der Waals surface area contributed by atoms with Crippen LogP contribution in [-0.4, -0.2) is 19.2 Å². The number of amides is 1. The van der Waals surface area contributed by atoms with E-state index >= 15 is 0 Å². The van der Waals surface area contributed by atoms with Crippen molar-refractivity contribution >= 4 is 45.5 Å². The number of carbonyl (C=O) groups is 1. The lowest BCUT2D eigenvalue weighted by Gasteiger charge is -2.09. The van der Waals surface area contributed by atoms with Gasteiger partial charge in [-0.15, -0.1) is 0 Å². The van der Waals surface area contributed by atoms with Crippen LogP contribution in [-0.2, 0) is 0 Å². The lowest BCUT2D eigenvalue weighted by Crippen LogP contribution is -2.18. The molecule has 1 amide bonds. The van der Waals surface area contributed by atoms with Crippen LogP contribution in [0.2, 0.25) is 0 Å². The molecule has 120 valence electrons. The highest BCUT2D eigenvalue weighted by Gasteiger charge is 2.13. The molecule has 0 bridgehead atoms. The fourth-order valence-corrected chi connectivity index (χ4v) is 2.95. The Hall–Kier alpha value is -2.41. The molecule has 0 atom stereocenters. The van der Waals surface area contributed by atoms with Gasteiger partial charge in [0.15, 0.2) is 0 Å². The molecule has 1 N–H and O–H groups in total. The van der Waals surface area contributed by atoms with Gasteiger partial charge in [-0.3, -0.25) is 4.79 Å². The van der Waals surface area contributed by atoms with Crippen LogP contribution in [0.25, 0.3) is 10.8 Å². The number of hydrogen-bond donors (Lipinski definition) is 1. The fraction of sp³-hybridized carbons (Fsp3) is 0.0526. The summed E-state index contributed by atoms with van der Waals surface area (Å²) < 4.78 is 6.45. The summed E-state index contributed by atoms with van der Waals surface area (Å²) in [6.45, 7) is 0. The van der Waals surface area contributed by atoms with Crippen LogP contribution in [0.1, 0.15) is 15.9 Å². The molecule has 0 saturated heterocycles. The number of ether oxygens (including phenoxy) is 1. The highest BCUT2D eigenvalue weighted by molar-refractivity contribution is 14.1. The summed E-state index contributed by atoms with van der Waals surface area (Å²) in [6, 6.07) is 19.3. The number of carbonyl (C=O) groups excluding carboxylic acids is 1. The van der Waals surface area contributed by atoms with E-state index < -0.39 is 0 Å². The van der Waals surface area contributed by atoms with Crippen molar-refractivity contribution in [2.45, 2.75) is 0 Å². The third-order valence-electron chi connectivity index (χ3n) is 3.54. The molecule has 0 aliphatic heterocycles. The zero-order chi connectivity index (χ0) is 16.9. The molecule has 0 fully saturated rings. The first-order valence-corrected chi connectivity index (χ1v) is 8.41. The summed E-state index contributed by atoms with van der Waals surface area (Å²) in [5.74, 6) is 0.218. The van der Waals surface area contributed by atoms with Crippen molar-refractivity contribution in [2.24, 2.45) is 5.10 Å². The number of nitrogens with zero attached hydrogens (tertiary/aromatic N) is 1. The molecular weight excluding hydrogens is 415 g/mol. The van der Waals surface area contributed by atoms with Crippen molar-refractivity contribution in [3.05, 3.63) is 75.4 Å². The predicted octanol–water partition coefficient (Wildman–Crippen LogP) is 4.22. The molecule has 3 aromatic carbocycles. The Morgan fingerprint density at radius 2 is 1.83 bits per heavy atom. The van der Waals surface area contributed by atoms with Crippen LogP contribution in [0, 0.1) is 3.57 Å². The van der Waals surface area contributed by atoms with Crippen molar-refractivity contribution in [3.63, 3.8) is 0 Å². The first-order chi connectivity index (χ1) is 11.7. The molecule has 0 heterocycles. The lowest BCUT2D eigenvalue weighted by molar-refractivity contribution is 0.0952. The molecule has 0 aliphatic rings. The minimum atomic E-state index is -0.306. The second-order valence-electron chi connectivity index (χ2n) is 5.15. The van der Waals surface area contributed by atoms with Gasteiger partial charge in [0.05, 0.1) is 18.9 Å². The summed E-state index contributed by atoms with van der Waals surface area (Å²) in [5.41, 5.74) is 3.93. The summed E-state index contributed by atoms with van der Waals surface area (Å²) >= 11 is 2.23. The van der Waals surface area contributed by atoms with Gasteiger partial charge in [-0.2, -0.15) is 5.10 Å². The van der Waals surface area contributed by atoms with Crippen LogP contribution < -0.4 is 10.2 Å². The van der Waals surface area contributed by atoms with Gasteiger partial charge >= 0.3 is 0 Å². The maximum atomic E-state index is 12.4. The quantitative estimate of drug-likeness (QED) is 0.383. The highest BCUT2D eigenvalue weighted by atomic mass is 127. The normalized spacial score (nSPS) is 10.9. The molecule has 0 saturated carbocycles. The van der Waals surface area contributed by atoms with E-state index in [4.69, 9.17) is 4.74 Å². The third kappa shape index (κ3) is 3.73. The molecule has 0 unspecified atom stereocenters. The standard InChI is InChI=1S/C19H15IN2O2/c1-24-18-11-15-7-3-2-6-14(15)10-17(18)19(23)22-21-12-13-5-4-8-16(20)9-13/h2-12H,1H3,(H,22,23)/b21-12+. The molecule has 0 spiro atoms. The summed E-state index contributed by atoms with van der Waals surface area (Å²) in [7, 11) is 1.55. The van der Waals surface area contributed by atoms with Gasteiger partial charge in [0.1, 0.15) is 5.75 Å². The van der Waals surface area contributed by atoms with Gasteiger partial charge < -0.3 is 4.74 Å². The Kier molecular flexibility index (Phi) is 5.10. The van der Waals surface area contributed by atoms with Gasteiger partial charge in [-0.25, -0.2) is 5.43 Å². The van der Waals surface area contributed by atoms with E-state index in [2.05, 4.69) is 33.1 Å². The van der Waals surface area contributed by atoms with Gasteiger partial charge in [0.2, 0.25) is 0 Å². The van der Waals surface area contributed by atoms with Crippen LogP contribution >= 0.6 is 22.6 Å². The van der Waals surface area contributed by atoms with Crippen molar-refractivity contribution in [1.82, 2.24) is 5.43 Å². The molecular formula is C19H15IN2O2. The first kappa shape index (κ1) is 16.4. The lowest BCUT2D eigenvalue weighted by atomic mass is 10.1. The number of nitrogens with one attached hydrogen (secondary N) is 1. The van der Waals surface area contributed by atoms with Crippen LogP contribution in [0.15, 0.2) is 65.8 Å². The molecule has 4 nitrogen and oxygen atoms in total. The molecule has 3 rings (SSSR count). The number of rotatable bonds is 4. The van der Waals surface area contributed by atoms with E-state index in [0.717, 1.165) is 19.9 Å². The van der Waals surface area contributed by atoms with Crippen LogP contribution in [0.5, 0.6) is 5.75 Å². The zero-order valence-electron chi connectivity index (χ0n) is 13.0. The van der Waals surface area contributed by atoms with Crippen LogP contribution in [0.4, 0.5) is 0 Å². The fourth-order valence-electron chi connectivity index (χ4n) is 2.38. The van der Waals surface area contributed by atoms with Gasteiger partial charge in [0.25, 0.3) is 5.91 Å². The van der Waals surface area contributed by atoms with E-state index in [1.807, 2.05) is 60.7 Å². The van der Waals surface area contributed by atoms with E-state index in [1.54, 1.807) is 13.3 Å². The Bertz CT molecular complexity index is 922. The number of hydrazone groups is 1. The summed E-state index contributed by atoms with van der Waals surface area (Å²) in [6.07, 6.45) is 1.62. The van der Waals surface area contributed by atoms with Crippen molar-refractivity contribution in [1.29, 1.82) is 0 Å². The Morgan fingerprint density at radius 1 is 1.08 bits per heavy atom. The minimum Gasteiger partial charge on any atom is -0.496 e. The Labute approximate surface area is 153 Å². The third-order valence-corrected chi connectivity index (χ3v) is 4.21. The second kappa shape index (κ2) is 7.44. The van der Waals surface area contributed by atoms with E-state index in [9.17, 15) is 4.79 Å². The summed E-state index contributed by atoms with van der Waals surface area (Å²) in [4.78, 5) is 12.4. The van der Waals surface area contributed by atoms with Crippen molar-refractivity contribution < 1.29 is 9.53 Å². The Morgan fingerprint density at radius 3 is 2.54 bits per heavy atom. The van der Waals surface area contributed by atoms with Gasteiger partial charge in [0, 0.05) is 3.57 Å². The number of methoxy groups -OCH3 is 1. The average Bonchev–Trinajstić information content (AvgIpc) is 2.60. The molecule has 0 radical (unpaired) electrons. The van der Waals surface area contributed by atoms with E-state index in [-0.39, 0.29) is 5.91 Å². The molecule has 24 heavy (non-hydrogen) atoms. The number of hydrogen-bond acceptors (Lipinski definition) is 3. The monoisotopic (exact) mass is 430 g/mol. The second-order valence-corrected chi connectivity index (χ2v) is 6.40. The number of benzene rings is 3. The SMILES string of the molecule is COc1cc2ccccc2cc1C(=O)N/N=C/c1cccc(I)c1. The largest absolute Gasteiger partial charge is 0.496 e. The van der Waals surface area contributed by atoms with Crippen molar-refractivity contribution in [3.8, 4) is 5.75 Å². The van der Waals surface area contributed by atoms with Crippen LogP contribution in [0.3, 0.4) is 0 Å². The zero-order valence-corrected chi connectivity index (χ0v) is 15.2. The van der Waals surface area contributed by atoms with E-state index in [0.29, 0.717) is 11.3 Å². The highest BCUT2D eigenvalue weighted by Crippen LogP contribution is 2.25. The van der Waals surface area contributed by atoms with Gasteiger partial charge in [-0.05, 0) is 63.2 Å². The molecule has 3 aromatic rings. The van der Waals surface area contributed by atoms with Crippen molar-refractivity contribution in [2.75, 3.05) is 7.11 Å². The van der Waals surface area contributed by atoms with E-state index in [1.165, 1.54) is 0 Å². The smallest absolute Gasteiger partial charge is 0.275 e. The Balaban J connectivity index is 1.83. The average molecular weight is 430 g/mol. The number of fused-ring (bicyclic) bond motifs is 1. The molecule has 5 heteroatoms. The summed E-state index contributed by atoms with van der Waals surface area (Å²) in [5, 5.41) is 6.03. The molecule has 0 aromatic heterocycles. The minimum absolute atomic E-state index is 0.306.